The number of ether oxygens (including phenoxy) is 1. The van der Waals surface area contributed by atoms with E-state index in [1.54, 1.807) is 30.0 Å². The number of amides is 1. The fourth-order valence-corrected chi connectivity index (χ4v) is 5.42. The van der Waals surface area contributed by atoms with Crippen LogP contribution in [0.1, 0.15) is 24.0 Å². The smallest absolute Gasteiger partial charge is 0.264 e. The number of anilines is 1. The van der Waals surface area contributed by atoms with E-state index >= 15 is 0 Å². The van der Waals surface area contributed by atoms with E-state index < -0.39 is 10.0 Å². The molecule has 2 aromatic carbocycles. The second-order valence-electron chi connectivity index (χ2n) is 7.26. The van der Waals surface area contributed by atoms with Crippen molar-refractivity contribution >= 4 is 21.6 Å². The van der Waals surface area contributed by atoms with Crippen molar-refractivity contribution in [1.29, 1.82) is 0 Å². The van der Waals surface area contributed by atoms with E-state index in [4.69, 9.17) is 4.74 Å². The van der Waals surface area contributed by atoms with Crippen LogP contribution in [0.3, 0.4) is 0 Å². The van der Waals surface area contributed by atoms with Crippen LogP contribution in [0, 0.1) is 6.92 Å². The molecule has 1 fully saturated rings. The first-order valence-electron chi connectivity index (χ1n) is 9.59. The number of aryl methyl sites for hydroxylation is 1. The first kappa shape index (κ1) is 18.8. The molecule has 0 atom stereocenters. The molecule has 0 saturated carbocycles. The van der Waals surface area contributed by atoms with Gasteiger partial charge in [-0.3, -0.25) is 9.10 Å². The fraction of sp³-hybridized carbons (Fsp3) is 0.381. The molecule has 7 heteroatoms. The molecule has 2 aromatic rings. The summed E-state index contributed by atoms with van der Waals surface area (Å²) in [6, 6.07) is 12.4. The molecule has 0 spiro atoms. The van der Waals surface area contributed by atoms with Gasteiger partial charge in [0.05, 0.1) is 10.6 Å². The zero-order valence-electron chi connectivity index (χ0n) is 15.9. The van der Waals surface area contributed by atoms with Crippen LogP contribution in [-0.4, -0.2) is 45.5 Å². The summed E-state index contributed by atoms with van der Waals surface area (Å²) in [4.78, 5) is 14.2. The van der Waals surface area contributed by atoms with Gasteiger partial charge >= 0.3 is 0 Å². The lowest BCUT2D eigenvalue weighted by Gasteiger charge is -2.20. The molecule has 0 radical (unpaired) electrons. The van der Waals surface area contributed by atoms with Crippen LogP contribution < -0.4 is 9.04 Å². The summed E-state index contributed by atoms with van der Waals surface area (Å²) in [5.74, 6) is 0.510. The van der Waals surface area contributed by atoms with Crippen LogP contribution >= 0.6 is 0 Å². The van der Waals surface area contributed by atoms with E-state index in [-0.39, 0.29) is 17.4 Å². The highest BCUT2D eigenvalue weighted by molar-refractivity contribution is 7.92. The predicted molar refractivity (Wildman–Crippen MR) is 107 cm³/mol. The Morgan fingerprint density at radius 3 is 2.57 bits per heavy atom. The molecule has 1 amide bonds. The number of fused-ring (bicyclic) bond motifs is 1. The molecule has 0 aromatic heterocycles. The Balaban J connectivity index is 1.50. The van der Waals surface area contributed by atoms with Crippen molar-refractivity contribution < 1.29 is 17.9 Å². The number of carbonyl (C=O) groups is 1. The number of rotatable bonds is 5. The number of hydrogen-bond acceptors (Lipinski definition) is 4. The summed E-state index contributed by atoms with van der Waals surface area (Å²) < 4.78 is 33.4. The molecule has 6 nitrogen and oxygen atoms in total. The number of para-hydroxylation sites is 1. The molecular formula is C21H24N2O4S. The van der Waals surface area contributed by atoms with E-state index in [0.29, 0.717) is 24.3 Å². The minimum atomic E-state index is -3.63. The van der Waals surface area contributed by atoms with Crippen molar-refractivity contribution in [3.8, 4) is 5.75 Å². The summed E-state index contributed by atoms with van der Waals surface area (Å²) in [5.41, 5.74) is 2.49. The van der Waals surface area contributed by atoms with Gasteiger partial charge in [0, 0.05) is 19.6 Å². The lowest BCUT2D eigenvalue weighted by Crippen LogP contribution is -2.32. The predicted octanol–water partition coefficient (Wildman–Crippen LogP) is 2.75. The maximum atomic E-state index is 13.1. The highest BCUT2D eigenvalue weighted by atomic mass is 32.2. The normalized spacial score (nSPS) is 16.3. The molecule has 4 rings (SSSR count). The van der Waals surface area contributed by atoms with E-state index in [2.05, 4.69) is 0 Å². The van der Waals surface area contributed by atoms with Gasteiger partial charge in [-0.1, -0.05) is 18.2 Å². The zero-order chi connectivity index (χ0) is 19.7. The average molecular weight is 401 g/mol. The molecule has 148 valence electrons. The number of sulfonamides is 1. The van der Waals surface area contributed by atoms with Gasteiger partial charge < -0.3 is 9.64 Å². The monoisotopic (exact) mass is 400 g/mol. The summed E-state index contributed by atoms with van der Waals surface area (Å²) in [7, 11) is -3.63. The fourth-order valence-electron chi connectivity index (χ4n) is 3.83. The third-order valence-corrected chi connectivity index (χ3v) is 7.20. The topological polar surface area (TPSA) is 66.9 Å². The number of benzene rings is 2. The molecule has 2 aliphatic heterocycles. The van der Waals surface area contributed by atoms with Gasteiger partial charge in [-0.25, -0.2) is 8.42 Å². The molecule has 0 bridgehead atoms. The van der Waals surface area contributed by atoms with E-state index in [9.17, 15) is 13.2 Å². The number of likely N-dealkylation sites (tertiary alicyclic amines) is 1. The Labute approximate surface area is 165 Å². The molecule has 0 N–H and O–H groups in total. The molecule has 0 unspecified atom stereocenters. The summed E-state index contributed by atoms with van der Waals surface area (Å²) in [6.07, 6.45) is 2.79. The molecule has 2 aliphatic rings. The van der Waals surface area contributed by atoms with Crippen molar-refractivity contribution in [2.24, 2.45) is 0 Å². The van der Waals surface area contributed by atoms with Crippen LogP contribution in [-0.2, 0) is 21.2 Å². The first-order valence-corrected chi connectivity index (χ1v) is 11.0. The average Bonchev–Trinajstić information content (AvgIpc) is 3.36. The van der Waals surface area contributed by atoms with Gasteiger partial charge in [-0.15, -0.1) is 0 Å². The Morgan fingerprint density at radius 2 is 1.82 bits per heavy atom. The lowest BCUT2D eigenvalue weighted by molar-refractivity contribution is -0.132. The maximum Gasteiger partial charge on any atom is 0.264 e. The van der Waals surface area contributed by atoms with Gasteiger partial charge in [0.15, 0.2) is 6.61 Å². The third kappa shape index (κ3) is 3.46. The van der Waals surface area contributed by atoms with Gasteiger partial charge in [-0.2, -0.15) is 0 Å². The van der Waals surface area contributed by atoms with Crippen LogP contribution in [0.5, 0.6) is 5.75 Å². The SMILES string of the molecule is Cc1cc(S(=O)(=O)N2CCc3ccccc32)ccc1OCC(=O)N1CCCC1. The van der Waals surface area contributed by atoms with Crippen LogP contribution in [0.2, 0.25) is 0 Å². The standard InChI is InChI=1S/C21H24N2O4S/c1-16-14-18(8-9-20(16)27-15-21(24)22-11-4-5-12-22)28(25,26)23-13-10-17-6-2-3-7-19(17)23/h2-3,6-9,14H,4-5,10-13,15H2,1H3. The third-order valence-electron chi connectivity index (χ3n) is 5.39. The van der Waals surface area contributed by atoms with Crippen LogP contribution in [0.25, 0.3) is 0 Å². The van der Waals surface area contributed by atoms with Crippen molar-refractivity contribution in [3.63, 3.8) is 0 Å². The van der Waals surface area contributed by atoms with Crippen LogP contribution in [0.15, 0.2) is 47.4 Å². The van der Waals surface area contributed by atoms with Crippen molar-refractivity contribution in [2.75, 3.05) is 30.5 Å². The van der Waals surface area contributed by atoms with Crippen molar-refractivity contribution in [2.45, 2.75) is 31.1 Å². The molecule has 2 heterocycles. The minimum absolute atomic E-state index is 0.0214. The van der Waals surface area contributed by atoms with Gasteiger partial charge in [0.25, 0.3) is 15.9 Å². The summed E-state index contributed by atoms with van der Waals surface area (Å²) in [5, 5.41) is 0. The quantitative estimate of drug-likeness (QED) is 0.774. The highest BCUT2D eigenvalue weighted by Crippen LogP contribution is 2.33. The van der Waals surface area contributed by atoms with Crippen LogP contribution in [0.4, 0.5) is 5.69 Å². The number of hydrogen-bond donors (Lipinski definition) is 0. The second kappa shape index (κ2) is 7.47. The van der Waals surface area contributed by atoms with Gasteiger partial charge in [-0.05, 0) is 61.6 Å². The van der Waals surface area contributed by atoms with Gasteiger partial charge in [0.1, 0.15) is 5.75 Å². The Morgan fingerprint density at radius 1 is 1.07 bits per heavy atom. The van der Waals surface area contributed by atoms with Crippen molar-refractivity contribution in [3.05, 3.63) is 53.6 Å². The maximum absolute atomic E-state index is 13.1. The first-order chi connectivity index (χ1) is 13.5. The highest BCUT2D eigenvalue weighted by Gasteiger charge is 2.31. The Kier molecular flexibility index (Phi) is 5.02. The Hall–Kier alpha value is -2.54. The molecule has 28 heavy (non-hydrogen) atoms. The van der Waals surface area contributed by atoms with E-state index in [1.807, 2.05) is 24.3 Å². The van der Waals surface area contributed by atoms with Gasteiger partial charge in [0.2, 0.25) is 0 Å². The number of carbonyl (C=O) groups excluding carboxylic acids is 1. The molecular weight excluding hydrogens is 376 g/mol. The minimum Gasteiger partial charge on any atom is -0.483 e. The summed E-state index contributed by atoms with van der Waals surface area (Å²) >= 11 is 0. The zero-order valence-corrected chi connectivity index (χ0v) is 16.7. The molecule has 1 saturated heterocycles. The molecule has 0 aliphatic carbocycles. The number of nitrogens with zero attached hydrogens (tertiary/aromatic N) is 2. The largest absolute Gasteiger partial charge is 0.483 e. The lowest BCUT2D eigenvalue weighted by atomic mass is 10.2. The Bertz CT molecular complexity index is 997. The summed E-state index contributed by atoms with van der Waals surface area (Å²) in [6.45, 7) is 3.80. The van der Waals surface area contributed by atoms with E-state index in [0.717, 1.165) is 37.2 Å². The van der Waals surface area contributed by atoms with Crippen molar-refractivity contribution in [1.82, 2.24) is 4.90 Å². The van der Waals surface area contributed by atoms with E-state index in [1.165, 1.54) is 4.31 Å². The second-order valence-corrected chi connectivity index (χ2v) is 9.12.